The van der Waals surface area contributed by atoms with E-state index in [0.29, 0.717) is 17.9 Å². The molecule has 1 N–H and O–H groups in total. The Balaban J connectivity index is 1.96. The van der Waals surface area contributed by atoms with E-state index in [2.05, 4.69) is 48.3 Å². The molecule has 0 aliphatic heterocycles. The number of carbonyl (C=O) groups excluding carboxylic acids is 1. The highest BCUT2D eigenvalue weighted by Crippen LogP contribution is 2.20. The summed E-state index contributed by atoms with van der Waals surface area (Å²) in [6.45, 7) is 13.6. The average molecular weight is 328 g/mol. The number of nitrogens with zero attached hydrogens (tertiary/aromatic N) is 1. The summed E-state index contributed by atoms with van der Waals surface area (Å²) in [5, 5.41) is 2.98. The lowest BCUT2D eigenvalue weighted by atomic mass is 10.1. The molecule has 130 valence electrons. The third kappa shape index (κ3) is 4.26. The van der Waals surface area contributed by atoms with Crippen LogP contribution in [-0.2, 0) is 13.1 Å². The fourth-order valence-corrected chi connectivity index (χ4v) is 2.87. The molecule has 0 bridgehead atoms. The smallest absolute Gasteiger partial charge is 0.255 e. The minimum atomic E-state index is -0.0749. The number of carbonyl (C=O) groups is 1. The van der Waals surface area contributed by atoms with E-state index in [1.807, 2.05) is 20.8 Å². The zero-order valence-electron chi connectivity index (χ0n) is 15.4. The monoisotopic (exact) mass is 328 g/mol. The van der Waals surface area contributed by atoms with Crippen molar-refractivity contribution < 1.29 is 9.21 Å². The van der Waals surface area contributed by atoms with Crippen LogP contribution in [0.4, 0.5) is 0 Å². The molecule has 4 nitrogen and oxygen atoms in total. The Morgan fingerprint density at radius 3 is 2.08 bits per heavy atom. The Labute approximate surface area is 144 Å². The van der Waals surface area contributed by atoms with E-state index in [0.717, 1.165) is 36.5 Å². The topological polar surface area (TPSA) is 45.5 Å². The van der Waals surface area contributed by atoms with Crippen LogP contribution in [0.5, 0.6) is 0 Å². The molecule has 0 aliphatic rings. The van der Waals surface area contributed by atoms with Gasteiger partial charge >= 0.3 is 0 Å². The first-order valence-corrected chi connectivity index (χ1v) is 8.61. The summed E-state index contributed by atoms with van der Waals surface area (Å²) in [6.07, 6.45) is 0. The molecule has 2 aromatic rings. The molecule has 1 aromatic heterocycles. The predicted molar refractivity (Wildman–Crippen MR) is 97.2 cm³/mol. The van der Waals surface area contributed by atoms with Gasteiger partial charge < -0.3 is 9.73 Å². The van der Waals surface area contributed by atoms with E-state index < -0.39 is 0 Å². The fourth-order valence-electron chi connectivity index (χ4n) is 2.87. The molecule has 1 aromatic carbocycles. The summed E-state index contributed by atoms with van der Waals surface area (Å²) in [5.74, 6) is 1.41. The highest BCUT2D eigenvalue weighted by molar-refractivity contribution is 5.96. The van der Waals surface area contributed by atoms with E-state index in [1.165, 1.54) is 5.56 Å². The molecule has 4 heteroatoms. The van der Waals surface area contributed by atoms with Gasteiger partial charge in [-0.15, -0.1) is 0 Å². The van der Waals surface area contributed by atoms with Gasteiger partial charge in [0.25, 0.3) is 5.91 Å². The van der Waals surface area contributed by atoms with Crippen LogP contribution >= 0.6 is 0 Å². The standard InChI is InChI=1S/C20H28N2O2/c1-6-22(7-2)13-18-10-8-17(9-11-18)12-21-20(23)19-14(3)15(4)24-16(19)5/h8-11H,6-7,12-13H2,1-5H3,(H,21,23). The minimum absolute atomic E-state index is 0.0749. The number of hydrogen-bond donors (Lipinski definition) is 1. The first-order valence-electron chi connectivity index (χ1n) is 8.61. The molecule has 0 spiro atoms. The van der Waals surface area contributed by atoms with Crippen molar-refractivity contribution >= 4 is 5.91 Å². The largest absolute Gasteiger partial charge is 0.466 e. The maximum atomic E-state index is 12.4. The Morgan fingerprint density at radius 2 is 1.58 bits per heavy atom. The van der Waals surface area contributed by atoms with Crippen LogP contribution in [-0.4, -0.2) is 23.9 Å². The molecule has 0 saturated carbocycles. The lowest BCUT2D eigenvalue weighted by Gasteiger charge is -2.18. The van der Waals surface area contributed by atoms with Crippen LogP contribution in [0.25, 0.3) is 0 Å². The van der Waals surface area contributed by atoms with Gasteiger partial charge in [0.15, 0.2) is 0 Å². The summed E-state index contributed by atoms with van der Waals surface area (Å²) in [7, 11) is 0. The maximum Gasteiger partial charge on any atom is 0.255 e. The Morgan fingerprint density at radius 1 is 1.00 bits per heavy atom. The van der Waals surface area contributed by atoms with Gasteiger partial charge in [0, 0.05) is 18.7 Å². The van der Waals surface area contributed by atoms with Crippen LogP contribution in [0.2, 0.25) is 0 Å². The molecule has 1 heterocycles. The zero-order chi connectivity index (χ0) is 17.7. The number of furan rings is 1. The molecule has 1 amide bonds. The number of nitrogens with one attached hydrogen (secondary N) is 1. The van der Waals surface area contributed by atoms with E-state index >= 15 is 0 Å². The molecule has 0 saturated heterocycles. The summed E-state index contributed by atoms with van der Waals surface area (Å²) >= 11 is 0. The van der Waals surface area contributed by atoms with E-state index in [1.54, 1.807) is 0 Å². The van der Waals surface area contributed by atoms with Gasteiger partial charge in [-0.05, 0) is 45.0 Å². The third-order valence-corrected chi connectivity index (χ3v) is 4.57. The van der Waals surface area contributed by atoms with Crippen LogP contribution < -0.4 is 5.32 Å². The molecule has 0 aliphatic carbocycles. The molecule has 24 heavy (non-hydrogen) atoms. The van der Waals surface area contributed by atoms with Gasteiger partial charge in [-0.2, -0.15) is 0 Å². The van der Waals surface area contributed by atoms with Crippen molar-refractivity contribution in [2.75, 3.05) is 13.1 Å². The van der Waals surface area contributed by atoms with E-state index in [9.17, 15) is 4.79 Å². The molecule has 2 rings (SSSR count). The number of amides is 1. The van der Waals surface area contributed by atoms with Gasteiger partial charge in [-0.1, -0.05) is 38.1 Å². The molecule has 0 fully saturated rings. The van der Waals surface area contributed by atoms with Crippen molar-refractivity contribution in [3.8, 4) is 0 Å². The van der Waals surface area contributed by atoms with Gasteiger partial charge in [0.05, 0.1) is 5.56 Å². The van der Waals surface area contributed by atoms with Crippen molar-refractivity contribution in [1.82, 2.24) is 10.2 Å². The Kier molecular flexibility index (Phi) is 6.21. The second-order valence-corrected chi connectivity index (χ2v) is 6.17. The predicted octanol–water partition coefficient (Wildman–Crippen LogP) is 3.98. The summed E-state index contributed by atoms with van der Waals surface area (Å²) in [4.78, 5) is 14.8. The van der Waals surface area contributed by atoms with E-state index in [-0.39, 0.29) is 5.91 Å². The highest BCUT2D eigenvalue weighted by atomic mass is 16.3. The van der Waals surface area contributed by atoms with E-state index in [4.69, 9.17) is 4.42 Å². The van der Waals surface area contributed by atoms with Crippen LogP contribution in [0.3, 0.4) is 0 Å². The summed E-state index contributed by atoms with van der Waals surface area (Å²) in [6, 6.07) is 8.44. The van der Waals surface area contributed by atoms with Crippen LogP contribution in [0.15, 0.2) is 28.7 Å². The third-order valence-electron chi connectivity index (χ3n) is 4.57. The van der Waals surface area contributed by atoms with Gasteiger partial charge in [0.1, 0.15) is 11.5 Å². The molecule has 0 atom stereocenters. The lowest BCUT2D eigenvalue weighted by Crippen LogP contribution is -2.24. The number of hydrogen-bond acceptors (Lipinski definition) is 3. The second kappa shape index (κ2) is 8.15. The van der Waals surface area contributed by atoms with Crippen molar-refractivity contribution in [3.05, 3.63) is 58.0 Å². The van der Waals surface area contributed by atoms with Crippen LogP contribution in [0, 0.1) is 20.8 Å². The minimum Gasteiger partial charge on any atom is -0.466 e. The van der Waals surface area contributed by atoms with Crippen molar-refractivity contribution in [2.45, 2.75) is 47.7 Å². The average Bonchev–Trinajstić information content (AvgIpc) is 2.84. The zero-order valence-corrected chi connectivity index (χ0v) is 15.4. The van der Waals surface area contributed by atoms with Crippen molar-refractivity contribution in [1.29, 1.82) is 0 Å². The summed E-state index contributed by atoms with van der Waals surface area (Å²) in [5.41, 5.74) is 3.97. The SMILES string of the molecule is CCN(CC)Cc1ccc(CNC(=O)c2c(C)oc(C)c2C)cc1. The fraction of sp³-hybridized carbons (Fsp3) is 0.450. The van der Waals surface area contributed by atoms with Crippen LogP contribution in [0.1, 0.15) is 52.4 Å². The quantitative estimate of drug-likeness (QED) is 0.836. The number of benzene rings is 1. The normalized spacial score (nSPS) is 11.1. The van der Waals surface area contributed by atoms with Gasteiger partial charge in [0.2, 0.25) is 0 Å². The number of aryl methyl sites for hydroxylation is 2. The maximum absolute atomic E-state index is 12.4. The highest BCUT2D eigenvalue weighted by Gasteiger charge is 2.18. The molecular weight excluding hydrogens is 300 g/mol. The van der Waals surface area contributed by atoms with Gasteiger partial charge in [-0.25, -0.2) is 0 Å². The Hall–Kier alpha value is -2.07. The first-order chi connectivity index (χ1) is 11.5. The lowest BCUT2D eigenvalue weighted by molar-refractivity contribution is 0.0949. The van der Waals surface area contributed by atoms with Crippen molar-refractivity contribution in [2.24, 2.45) is 0 Å². The molecule has 0 radical (unpaired) electrons. The first kappa shape index (κ1) is 18.3. The summed E-state index contributed by atoms with van der Waals surface area (Å²) < 4.78 is 5.53. The molecule has 0 unspecified atom stereocenters. The Bertz CT molecular complexity index is 682. The second-order valence-electron chi connectivity index (χ2n) is 6.17. The van der Waals surface area contributed by atoms with Gasteiger partial charge in [-0.3, -0.25) is 9.69 Å². The number of rotatable bonds is 7. The van der Waals surface area contributed by atoms with Crippen molar-refractivity contribution in [3.63, 3.8) is 0 Å². The molecular formula is C20H28N2O2.